The summed E-state index contributed by atoms with van der Waals surface area (Å²) in [5, 5.41) is 6.35. The van der Waals surface area contributed by atoms with Crippen LogP contribution in [0.1, 0.15) is 25.7 Å². The summed E-state index contributed by atoms with van der Waals surface area (Å²) in [4.78, 5) is 14.3. The van der Waals surface area contributed by atoms with Crippen molar-refractivity contribution in [1.29, 1.82) is 0 Å². The second-order valence-electron chi connectivity index (χ2n) is 5.60. The van der Waals surface area contributed by atoms with Gasteiger partial charge in [0, 0.05) is 25.3 Å². The Morgan fingerprint density at radius 3 is 2.72 bits per heavy atom. The van der Waals surface area contributed by atoms with Crippen LogP contribution in [0.2, 0.25) is 0 Å². The van der Waals surface area contributed by atoms with Gasteiger partial charge in [-0.15, -0.1) is 0 Å². The SMILES string of the molecule is CN(C)C1(CNC(=O)[C@@H]2CCCN2)CCOCC1. The minimum Gasteiger partial charge on any atom is -0.381 e. The number of amides is 1. The summed E-state index contributed by atoms with van der Waals surface area (Å²) in [6.45, 7) is 3.26. The van der Waals surface area contributed by atoms with Crippen molar-refractivity contribution in [2.24, 2.45) is 0 Å². The molecule has 0 aromatic carbocycles. The lowest BCUT2D eigenvalue weighted by Gasteiger charge is -2.43. The molecule has 0 saturated carbocycles. The second-order valence-corrected chi connectivity index (χ2v) is 5.60. The van der Waals surface area contributed by atoms with Crippen LogP contribution in [0.15, 0.2) is 0 Å². The molecule has 2 N–H and O–H groups in total. The highest BCUT2D eigenvalue weighted by molar-refractivity contribution is 5.82. The molecule has 104 valence electrons. The van der Waals surface area contributed by atoms with Crippen molar-refractivity contribution in [3.05, 3.63) is 0 Å². The van der Waals surface area contributed by atoms with Gasteiger partial charge in [-0.05, 0) is 46.3 Å². The lowest BCUT2D eigenvalue weighted by Crippen LogP contribution is -2.57. The summed E-state index contributed by atoms with van der Waals surface area (Å²) < 4.78 is 5.43. The Morgan fingerprint density at radius 2 is 2.17 bits per heavy atom. The van der Waals surface area contributed by atoms with E-state index in [4.69, 9.17) is 4.74 Å². The first-order chi connectivity index (χ1) is 8.64. The van der Waals surface area contributed by atoms with E-state index in [0.29, 0.717) is 0 Å². The van der Waals surface area contributed by atoms with Gasteiger partial charge in [0.05, 0.1) is 6.04 Å². The molecule has 2 aliphatic heterocycles. The third-order valence-corrected chi connectivity index (χ3v) is 4.34. The van der Waals surface area contributed by atoms with E-state index in [1.54, 1.807) is 0 Å². The molecule has 0 aromatic rings. The van der Waals surface area contributed by atoms with Crippen LogP contribution in [0.4, 0.5) is 0 Å². The third-order valence-electron chi connectivity index (χ3n) is 4.34. The average molecular weight is 255 g/mol. The van der Waals surface area contributed by atoms with Crippen molar-refractivity contribution < 1.29 is 9.53 Å². The summed E-state index contributed by atoms with van der Waals surface area (Å²) in [6, 6.07) is 0.0176. The van der Waals surface area contributed by atoms with E-state index in [2.05, 4.69) is 29.6 Å². The fourth-order valence-corrected chi connectivity index (χ4v) is 2.82. The van der Waals surface area contributed by atoms with Crippen LogP contribution in [0, 0.1) is 0 Å². The molecule has 0 aliphatic carbocycles. The Morgan fingerprint density at radius 1 is 1.44 bits per heavy atom. The molecule has 0 bridgehead atoms. The fraction of sp³-hybridized carbons (Fsp3) is 0.923. The largest absolute Gasteiger partial charge is 0.381 e. The van der Waals surface area contributed by atoms with E-state index in [-0.39, 0.29) is 17.5 Å². The van der Waals surface area contributed by atoms with Crippen molar-refractivity contribution in [3.63, 3.8) is 0 Å². The summed E-state index contributed by atoms with van der Waals surface area (Å²) >= 11 is 0. The molecule has 5 heteroatoms. The highest BCUT2D eigenvalue weighted by atomic mass is 16.5. The van der Waals surface area contributed by atoms with Crippen LogP contribution in [0.5, 0.6) is 0 Å². The summed E-state index contributed by atoms with van der Waals surface area (Å²) in [5.74, 6) is 0.153. The maximum Gasteiger partial charge on any atom is 0.237 e. The Labute approximate surface area is 109 Å². The van der Waals surface area contributed by atoms with Crippen LogP contribution < -0.4 is 10.6 Å². The summed E-state index contributed by atoms with van der Waals surface area (Å²) in [6.07, 6.45) is 4.03. The predicted molar refractivity (Wildman–Crippen MR) is 70.5 cm³/mol. The van der Waals surface area contributed by atoms with Gasteiger partial charge in [0.25, 0.3) is 0 Å². The van der Waals surface area contributed by atoms with E-state index in [9.17, 15) is 4.79 Å². The first-order valence-corrected chi connectivity index (χ1v) is 6.90. The molecule has 2 fully saturated rings. The lowest BCUT2D eigenvalue weighted by atomic mass is 9.88. The average Bonchev–Trinajstić information content (AvgIpc) is 2.91. The number of carbonyl (C=O) groups is 1. The molecule has 2 saturated heterocycles. The number of rotatable bonds is 4. The maximum absolute atomic E-state index is 12.0. The molecule has 0 radical (unpaired) electrons. The molecule has 0 spiro atoms. The van der Waals surface area contributed by atoms with Crippen molar-refractivity contribution in [2.45, 2.75) is 37.3 Å². The van der Waals surface area contributed by atoms with Gasteiger partial charge in [0.1, 0.15) is 0 Å². The standard InChI is InChI=1S/C13H25N3O2/c1-16(2)13(5-8-18-9-6-13)10-15-12(17)11-4-3-7-14-11/h11,14H,3-10H2,1-2H3,(H,15,17)/t11-/m0/s1. The number of ether oxygens (including phenoxy) is 1. The monoisotopic (exact) mass is 255 g/mol. The van der Waals surface area contributed by atoms with E-state index >= 15 is 0 Å². The van der Waals surface area contributed by atoms with Gasteiger partial charge in [-0.3, -0.25) is 4.79 Å². The minimum absolute atomic E-state index is 0.0176. The van der Waals surface area contributed by atoms with Crippen molar-refractivity contribution in [3.8, 4) is 0 Å². The van der Waals surface area contributed by atoms with Crippen LogP contribution in [0.25, 0.3) is 0 Å². The predicted octanol–water partition coefficient (Wildman–Crippen LogP) is -0.0346. The number of nitrogens with zero attached hydrogens (tertiary/aromatic N) is 1. The molecule has 2 rings (SSSR count). The van der Waals surface area contributed by atoms with E-state index in [0.717, 1.165) is 52.0 Å². The first kappa shape index (κ1) is 13.8. The van der Waals surface area contributed by atoms with Crippen LogP contribution in [-0.4, -0.2) is 62.8 Å². The van der Waals surface area contributed by atoms with Crippen molar-refractivity contribution >= 4 is 5.91 Å². The minimum atomic E-state index is 0.0176. The number of nitrogens with one attached hydrogen (secondary N) is 2. The topological polar surface area (TPSA) is 53.6 Å². The van der Waals surface area contributed by atoms with Gasteiger partial charge in [0.15, 0.2) is 0 Å². The third kappa shape index (κ3) is 3.02. The molecule has 2 aliphatic rings. The van der Waals surface area contributed by atoms with Gasteiger partial charge >= 0.3 is 0 Å². The van der Waals surface area contributed by atoms with Gasteiger partial charge < -0.3 is 20.3 Å². The molecular formula is C13H25N3O2. The Bertz CT molecular complexity index is 282. The van der Waals surface area contributed by atoms with E-state index < -0.39 is 0 Å². The highest BCUT2D eigenvalue weighted by Crippen LogP contribution is 2.25. The second kappa shape index (κ2) is 5.99. The molecule has 1 atom stereocenters. The van der Waals surface area contributed by atoms with Crippen molar-refractivity contribution in [1.82, 2.24) is 15.5 Å². The quantitative estimate of drug-likeness (QED) is 0.740. The Hall–Kier alpha value is -0.650. The fourth-order valence-electron chi connectivity index (χ4n) is 2.82. The van der Waals surface area contributed by atoms with Gasteiger partial charge in [-0.2, -0.15) is 0 Å². The number of likely N-dealkylation sites (N-methyl/N-ethyl adjacent to an activating group) is 1. The highest BCUT2D eigenvalue weighted by Gasteiger charge is 2.35. The number of carbonyl (C=O) groups excluding carboxylic acids is 1. The summed E-state index contributed by atoms with van der Waals surface area (Å²) in [5.41, 5.74) is 0.0620. The van der Waals surface area contributed by atoms with Crippen LogP contribution >= 0.6 is 0 Å². The zero-order valence-electron chi connectivity index (χ0n) is 11.5. The van der Waals surface area contributed by atoms with E-state index in [1.165, 1.54) is 0 Å². The van der Waals surface area contributed by atoms with Gasteiger partial charge in [0.2, 0.25) is 5.91 Å². The molecule has 0 aromatic heterocycles. The molecule has 18 heavy (non-hydrogen) atoms. The smallest absolute Gasteiger partial charge is 0.237 e. The number of hydrogen-bond donors (Lipinski definition) is 2. The molecule has 5 nitrogen and oxygen atoms in total. The number of hydrogen-bond acceptors (Lipinski definition) is 4. The Kier molecular flexibility index (Phi) is 4.59. The molecule has 0 unspecified atom stereocenters. The summed E-state index contributed by atoms with van der Waals surface area (Å²) in [7, 11) is 4.18. The molecular weight excluding hydrogens is 230 g/mol. The van der Waals surface area contributed by atoms with Gasteiger partial charge in [-0.1, -0.05) is 0 Å². The van der Waals surface area contributed by atoms with Crippen LogP contribution in [-0.2, 0) is 9.53 Å². The van der Waals surface area contributed by atoms with Crippen molar-refractivity contribution in [2.75, 3.05) is 40.4 Å². The Balaban J connectivity index is 1.87. The van der Waals surface area contributed by atoms with Crippen LogP contribution in [0.3, 0.4) is 0 Å². The van der Waals surface area contributed by atoms with Gasteiger partial charge in [-0.25, -0.2) is 0 Å². The zero-order valence-corrected chi connectivity index (χ0v) is 11.5. The molecule has 2 heterocycles. The zero-order chi connectivity index (χ0) is 13.0. The maximum atomic E-state index is 12.0. The lowest BCUT2D eigenvalue weighted by molar-refractivity contribution is -0.123. The molecule has 1 amide bonds. The van der Waals surface area contributed by atoms with E-state index in [1.807, 2.05) is 0 Å². The first-order valence-electron chi connectivity index (χ1n) is 6.90. The normalized spacial score (nSPS) is 27.4.